The molecule has 0 radical (unpaired) electrons. The summed E-state index contributed by atoms with van der Waals surface area (Å²) >= 11 is 0. The molecule has 2 rings (SSSR count). The van der Waals surface area contributed by atoms with Crippen molar-refractivity contribution in [1.82, 2.24) is 0 Å². The molecule has 1 aliphatic rings. The lowest BCUT2D eigenvalue weighted by Gasteiger charge is -2.24. The number of ether oxygens (including phenoxy) is 1. The molecular weight excluding hydrogens is 238 g/mol. The Labute approximate surface area is 102 Å². The van der Waals surface area contributed by atoms with Crippen molar-refractivity contribution in [3.63, 3.8) is 0 Å². The van der Waals surface area contributed by atoms with Gasteiger partial charge in [-0.05, 0) is 37.1 Å². The normalized spacial score (nSPS) is 23.0. The summed E-state index contributed by atoms with van der Waals surface area (Å²) in [6, 6.07) is 7.56. The van der Waals surface area contributed by atoms with Crippen LogP contribution in [0.4, 0.5) is 5.69 Å². The Hall–Kier alpha value is -1.23. The van der Waals surface area contributed by atoms with E-state index in [9.17, 15) is 8.42 Å². The molecule has 0 saturated carbocycles. The zero-order valence-corrected chi connectivity index (χ0v) is 10.7. The molecule has 94 valence electrons. The summed E-state index contributed by atoms with van der Waals surface area (Å²) in [5.41, 5.74) is 0.938. The molecule has 1 saturated heterocycles. The number of hydrogen-bond donors (Lipinski definition) is 1. The molecular formula is C12H17NO3S. The van der Waals surface area contributed by atoms with Crippen LogP contribution < -0.4 is 10.1 Å². The average molecular weight is 255 g/mol. The molecule has 4 nitrogen and oxygen atoms in total. The fourth-order valence-corrected chi connectivity index (χ4v) is 3.70. The molecule has 1 aliphatic heterocycles. The summed E-state index contributed by atoms with van der Waals surface area (Å²) in [7, 11) is -1.23. The van der Waals surface area contributed by atoms with Crippen molar-refractivity contribution >= 4 is 15.5 Å². The minimum absolute atomic E-state index is 0.0298. The number of benzene rings is 1. The molecule has 1 aromatic carbocycles. The Kier molecular flexibility index (Phi) is 3.57. The second kappa shape index (κ2) is 4.96. The Morgan fingerprint density at radius 3 is 2.59 bits per heavy atom. The summed E-state index contributed by atoms with van der Waals surface area (Å²) < 4.78 is 28.1. The van der Waals surface area contributed by atoms with E-state index in [-0.39, 0.29) is 11.8 Å². The number of sulfone groups is 1. The van der Waals surface area contributed by atoms with Gasteiger partial charge in [-0.15, -0.1) is 0 Å². The van der Waals surface area contributed by atoms with Crippen LogP contribution in [0.1, 0.15) is 12.8 Å². The predicted octanol–water partition coefficient (Wildman–Crippen LogP) is 1.68. The summed E-state index contributed by atoms with van der Waals surface area (Å²) in [4.78, 5) is 0. The van der Waals surface area contributed by atoms with Crippen molar-refractivity contribution in [1.29, 1.82) is 0 Å². The largest absolute Gasteiger partial charge is 0.497 e. The van der Waals surface area contributed by atoms with E-state index in [1.807, 2.05) is 24.3 Å². The SMILES string of the molecule is COc1ccc(NC2CCCS(=O)(=O)C2)cc1. The lowest BCUT2D eigenvalue weighted by molar-refractivity contribution is 0.415. The van der Waals surface area contributed by atoms with E-state index in [1.54, 1.807) is 7.11 Å². The molecule has 0 aliphatic carbocycles. The van der Waals surface area contributed by atoms with Crippen LogP contribution in [-0.2, 0) is 9.84 Å². The molecule has 0 bridgehead atoms. The highest BCUT2D eigenvalue weighted by molar-refractivity contribution is 7.91. The number of rotatable bonds is 3. The van der Waals surface area contributed by atoms with Crippen LogP contribution in [0.5, 0.6) is 5.75 Å². The molecule has 1 N–H and O–H groups in total. The third kappa shape index (κ3) is 3.36. The quantitative estimate of drug-likeness (QED) is 0.893. The van der Waals surface area contributed by atoms with Gasteiger partial charge in [0.25, 0.3) is 0 Å². The van der Waals surface area contributed by atoms with E-state index in [0.29, 0.717) is 5.75 Å². The lowest BCUT2D eigenvalue weighted by Crippen LogP contribution is -2.34. The first-order valence-electron chi connectivity index (χ1n) is 5.70. The fourth-order valence-electron chi connectivity index (χ4n) is 2.06. The van der Waals surface area contributed by atoms with Crippen molar-refractivity contribution in [3.05, 3.63) is 24.3 Å². The second-order valence-corrected chi connectivity index (χ2v) is 6.56. The minimum Gasteiger partial charge on any atom is -0.497 e. The van der Waals surface area contributed by atoms with Crippen LogP contribution in [-0.4, -0.2) is 33.1 Å². The van der Waals surface area contributed by atoms with Crippen LogP contribution in [0.2, 0.25) is 0 Å². The van der Waals surface area contributed by atoms with E-state index in [0.717, 1.165) is 24.3 Å². The van der Waals surface area contributed by atoms with Gasteiger partial charge >= 0.3 is 0 Å². The van der Waals surface area contributed by atoms with Crippen molar-refractivity contribution in [2.45, 2.75) is 18.9 Å². The molecule has 1 heterocycles. The zero-order valence-electron chi connectivity index (χ0n) is 9.85. The van der Waals surface area contributed by atoms with Crippen LogP contribution in [0.15, 0.2) is 24.3 Å². The average Bonchev–Trinajstić information content (AvgIpc) is 2.29. The Balaban J connectivity index is 2.00. The fraction of sp³-hybridized carbons (Fsp3) is 0.500. The second-order valence-electron chi connectivity index (χ2n) is 4.33. The first-order chi connectivity index (χ1) is 8.09. The van der Waals surface area contributed by atoms with E-state index in [1.165, 1.54) is 0 Å². The van der Waals surface area contributed by atoms with Gasteiger partial charge in [0.15, 0.2) is 9.84 Å². The van der Waals surface area contributed by atoms with E-state index < -0.39 is 9.84 Å². The highest BCUT2D eigenvalue weighted by atomic mass is 32.2. The molecule has 1 aromatic rings. The number of nitrogens with one attached hydrogen (secondary N) is 1. The topological polar surface area (TPSA) is 55.4 Å². The summed E-state index contributed by atoms with van der Waals surface area (Å²) in [5.74, 6) is 1.36. The Morgan fingerprint density at radius 2 is 2.00 bits per heavy atom. The van der Waals surface area contributed by atoms with Gasteiger partial charge in [-0.1, -0.05) is 0 Å². The molecule has 1 fully saturated rings. The van der Waals surface area contributed by atoms with Gasteiger partial charge in [0.2, 0.25) is 0 Å². The highest BCUT2D eigenvalue weighted by Gasteiger charge is 2.24. The minimum atomic E-state index is -2.85. The maximum absolute atomic E-state index is 11.5. The Morgan fingerprint density at radius 1 is 1.29 bits per heavy atom. The monoisotopic (exact) mass is 255 g/mol. The van der Waals surface area contributed by atoms with E-state index in [4.69, 9.17) is 4.74 Å². The van der Waals surface area contributed by atoms with Gasteiger partial charge in [-0.2, -0.15) is 0 Å². The first kappa shape index (κ1) is 12.2. The molecule has 0 spiro atoms. The molecule has 5 heteroatoms. The smallest absolute Gasteiger partial charge is 0.152 e. The molecule has 17 heavy (non-hydrogen) atoms. The summed E-state index contributed by atoms with van der Waals surface area (Å²) in [6.07, 6.45) is 1.65. The molecule has 1 unspecified atom stereocenters. The molecule has 0 aromatic heterocycles. The van der Waals surface area contributed by atoms with Crippen LogP contribution in [0.25, 0.3) is 0 Å². The van der Waals surface area contributed by atoms with Gasteiger partial charge < -0.3 is 10.1 Å². The first-order valence-corrected chi connectivity index (χ1v) is 7.52. The van der Waals surface area contributed by atoms with Gasteiger partial charge in [0.05, 0.1) is 18.6 Å². The molecule has 1 atom stereocenters. The number of methoxy groups -OCH3 is 1. The van der Waals surface area contributed by atoms with Gasteiger partial charge in [0, 0.05) is 11.7 Å². The molecule has 0 amide bonds. The highest BCUT2D eigenvalue weighted by Crippen LogP contribution is 2.19. The Bertz CT molecular complexity index is 467. The van der Waals surface area contributed by atoms with Crippen LogP contribution >= 0.6 is 0 Å². The number of hydrogen-bond acceptors (Lipinski definition) is 4. The van der Waals surface area contributed by atoms with E-state index >= 15 is 0 Å². The van der Waals surface area contributed by atoms with Crippen LogP contribution in [0.3, 0.4) is 0 Å². The predicted molar refractivity (Wildman–Crippen MR) is 68.3 cm³/mol. The standard InChI is InChI=1S/C12H17NO3S/c1-16-12-6-4-10(5-7-12)13-11-3-2-8-17(14,15)9-11/h4-7,11,13H,2-3,8-9H2,1H3. The van der Waals surface area contributed by atoms with E-state index in [2.05, 4.69) is 5.32 Å². The van der Waals surface area contributed by atoms with Crippen molar-refractivity contribution in [2.75, 3.05) is 23.9 Å². The van der Waals surface area contributed by atoms with Crippen molar-refractivity contribution in [3.8, 4) is 5.75 Å². The number of anilines is 1. The third-order valence-corrected chi connectivity index (χ3v) is 4.74. The lowest BCUT2D eigenvalue weighted by atomic mass is 10.1. The third-order valence-electron chi connectivity index (χ3n) is 2.92. The van der Waals surface area contributed by atoms with Crippen LogP contribution in [0, 0.1) is 0 Å². The van der Waals surface area contributed by atoms with Gasteiger partial charge in [-0.3, -0.25) is 0 Å². The van der Waals surface area contributed by atoms with Gasteiger partial charge in [0.1, 0.15) is 5.75 Å². The summed E-state index contributed by atoms with van der Waals surface area (Å²) in [5, 5.41) is 3.25. The summed E-state index contributed by atoms with van der Waals surface area (Å²) in [6.45, 7) is 0. The maximum atomic E-state index is 11.5. The van der Waals surface area contributed by atoms with Gasteiger partial charge in [-0.25, -0.2) is 8.42 Å². The zero-order chi connectivity index (χ0) is 12.3. The maximum Gasteiger partial charge on any atom is 0.152 e. The van der Waals surface area contributed by atoms with Crippen molar-refractivity contribution < 1.29 is 13.2 Å². The van der Waals surface area contributed by atoms with Crippen molar-refractivity contribution in [2.24, 2.45) is 0 Å².